The van der Waals surface area contributed by atoms with Crippen molar-refractivity contribution in [2.45, 2.75) is 13.1 Å². The maximum atomic E-state index is 12.4. The van der Waals surface area contributed by atoms with Gasteiger partial charge in [0.05, 0.1) is 5.56 Å². The molecule has 0 fully saturated rings. The van der Waals surface area contributed by atoms with E-state index in [2.05, 4.69) is 9.97 Å². The lowest BCUT2D eigenvalue weighted by atomic mass is 10.2. The molecule has 0 amide bonds. The lowest BCUT2D eigenvalue weighted by Crippen LogP contribution is -2.14. The van der Waals surface area contributed by atoms with Crippen molar-refractivity contribution in [1.82, 2.24) is 9.97 Å². The standard InChI is InChI=1S/C13H11F3N4O/c1-7-6-10(11(17)18)20-12(19-7)21-9-4-2-8(3-5-9)13(14,15)16/h2-6H,1H3,(H3,17,18). The first kappa shape index (κ1) is 14.8. The summed E-state index contributed by atoms with van der Waals surface area (Å²) in [5.41, 5.74) is 5.26. The van der Waals surface area contributed by atoms with Gasteiger partial charge in [-0.25, -0.2) is 4.98 Å². The van der Waals surface area contributed by atoms with Gasteiger partial charge in [-0.1, -0.05) is 0 Å². The van der Waals surface area contributed by atoms with Crippen molar-refractivity contribution in [2.24, 2.45) is 5.73 Å². The average Bonchev–Trinajstić information content (AvgIpc) is 2.37. The monoisotopic (exact) mass is 296 g/mol. The van der Waals surface area contributed by atoms with E-state index >= 15 is 0 Å². The summed E-state index contributed by atoms with van der Waals surface area (Å²) >= 11 is 0. The fourth-order valence-electron chi connectivity index (χ4n) is 1.54. The van der Waals surface area contributed by atoms with Crippen LogP contribution in [-0.2, 0) is 6.18 Å². The van der Waals surface area contributed by atoms with Crippen LogP contribution in [0.2, 0.25) is 0 Å². The van der Waals surface area contributed by atoms with Gasteiger partial charge in [-0.3, -0.25) is 5.41 Å². The molecule has 0 aliphatic carbocycles. The molecule has 110 valence electrons. The molecule has 1 aromatic heterocycles. The Hall–Kier alpha value is -2.64. The summed E-state index contributed by atoms with van der Waals surface area (Å²) < 4.78 is 42.6. The third kappa shape index (κ3) is 3.68. The van der Waals surface area contributed by atoms with Crippen LogP contribution in [0.15, 0.2) is 30.3 Å². The van der Waals surface area contributed by atoms with Crippen LogP contribution in [0.1, 0.15) is 17.0 Å². The summed E-state index contributed by atoms with van der Waals surface area (Å²) in [7, 11) is 0. The maximum Gasteiger partial charge on any atom is 0.416 e. The van der Waals surface area contributed by atoms with Crippen LogP contribution >= 0.6 is 0 Å². The molecule has 2 aromatic rings. The topological polar surface area (TPSA) is 84.9 Å². The minimum Gasteiger partial charge on any atom is -0.424 e. The van der Waals surface area contributed by atoms with Crippen molar-refractivity contribution >= 4 is 5.84 Å². The molecule has 0 unspecified atom stereocenters. The number of halogens is 3. The third-order valence-corrected chi connectivity index (χ3v) is 2.50. The molecule has 0 saturated carbocycles. The molecule has 3 N–H and O–H groups in total. The number of alkyl halides is 3. The fraction of sp³-hybridized carbons (Fsp3) is 0.154. The molecule has 1 heterocycles. The number of nitrogens with zero attached hydrogens (tertiary/aromatic N) is 2. The van der Waals surface area contributed by atoms with Gasteiger partial charge in [0, 0.05) is 5.69 Å². The number of rotatable bonds is 3. The number of amidine groups is 1. The second kappa shape index (κ2) is 5.39. The molecule has 0 aliphatic heterocycles. The van der Waals surface area contributed by atoms with Crippen LogP contribution in [0.5, 0.6) is 11.8 Å². The van der Waals surface area contributed by atoms with Crippen LogP contribution < -0.4 is 10.5 Å². The van der Waals surface area contributed by atoms with E-state index in [1.165, 1.54) is 18.2 Å². The molecule has 2 rings (SSSR count). The van der Waals surface area contributed by atoms with E-state index in [9.17, 15) is 13.2 Å². The number of aryl methyl sites for hydroxylation is 1. The Labute approximate surface area is 118 Å². The van der Waals surface area contributed by atoms with Gasteiger partial charge in [-0.05, 0) is 37.3 Å². The second-order valence-electron chi connectivity index (χ2n) is 4.22. The Kier molecular flexibility index (Phi) is 3.79. The predicted octanol–water partition coefficient (Wildman–Crippen LogP) is 2.88. The zero-order valence-corrected chi connectivity index (χ0v) is 10.9. The number of hydrogen-bond donors (Lipinski definition) is 2. The van der Waals surface area contributed by atoms with Crippen molar-refractivity contribution in [3.8, 4) is 11.8 Å². The van der Waals surface area contributed by atoms with Crippen LogP contribution in [0, 0.1) is 12.3 Å². The van der Waals surface area contributed by atoms with Crippen molar-refractivity contribution in [3.63, 3.8) is 0 Å². The number of nitrogen functional groups attached to an aromatic ring is 1. The average molecular weight is 296 g/mol. The molecule has 0 aliphatic rings. The number of hydrogen-bond acceptors (Lipinski definition) is 4. The molecular formula is C13H11F3N4O. The van der Waals surface area contributed by atoms with E-state index in [1.807, 2.05) is 0 Å². The molecule has 0 saturated heterocycles. The highest BCUT2D eigenvalue weighted by Gasteiger charge is 2.30. The minimum atomic E-state index is -4.40. The largest absolute Gasteiger partial charge is 0.424 e. The summed E-state index contributed by atoms with van der Waals surface area (Å²) in [6.07, 6.45) is -4.40. The Bertz CT molecular complexity index is 668. The van der Waals surface area contributed by atoms with Crippen molar-refractivity contribution in [3.05, 3.63) is 47.3 Å². The molecule has 21 heavy (non-hydrogen) atoms. The van der Waals surface area contributed by atoms with E-state index in [1.54, 1.807) is 6.92 Å². The molecular weight excluding hydrogens is 285 g/mol. The number of benzene rings is 1. The fourth-order valence-corrected chi connectivity index (χ4v) is 1.54. The van der Waals surface area contributed by atoms with Gasteiger partial charge in [0.2, 0.25) is 0 Å². The molecule has 0 atom stereocenters. The number of ether oxygens (including phenoxy) is 1. The SMILES string of the molecule is Cc1cc(C(=N)N)nc(Oc2ccc(C(F)(F)F)cc2)n1. The predicted molar refractivity (Wildman–Crippen MR) is 69.3 cm³/mol. The molecule has 1 aromatic carbocycles. The second-order valence-corrected chi connectivity index (χ2v) is 4.22. The molecule has 0 radical (unpaired) electrons. The van der Waals surface area contributed by atoms with Gasteiger partial charge in [0.15, 0.2) is 0 Å². The Morgan fingerprint density at radius 2 is 1.81 bits per heavy atom. The maximum absolute atomic E-state index is 12.4. The smallest absolute Gasteiger partial charge is 0.416 e. The van der Waals surface area contributed by atoms with Crippen molar-refractivity contribution in [1.29, 1.82) is 5.41 Å². The van der Waals surface area contributed by atoms with Gasteiger partial charge in [0.1, 0.15) is 17.3 Å². The van der Waals surface area contributed by atoms with Gasteiger partial charge in [0.25, 0.3) is 0 Å². The van der Waals surface area contributed by atoms with E-state index in [0.29, 0.717) is 5.69 Å². The Morgan fingerprint density at radius 1 is 1.19 bits per heavy atom. The quantitative estimate of drug-likeness (QED) is 0.673. The summed E-state index contributed by atoms with van der Waals surface area (Å²) in [6, 6.07) is 5.56. The third-order valence-electron chi connectivity index (χ3n) is 2.50. The summed E-state index contributed by atoms with van der Waals surface area (Å²) in [4.78, 5) is 7.87. The molecule has 0 bridgehead atoms. The molecule has 8 heteroatoms. The first-order valence-electron chi connectivity index (χ1n) is 5.81. The van der Waals surface area contributed by atoms with Gasteiger partial charge in [-0.15, -0.1) is 0 Å². The number of nitrogens with one attached hydrogen (secondary N) is 1. The van der Waals surface area contributed by atoms with E-state index < -0.39 is 11.7 Å². The van der Waals surface area contributed by atoms with Crippen molar-refractivity contribution < 1.29 is 17.9 Å². The van der Waals surface area contributed by atoms with Crippen LogP contribution in [0.3, 0.4) is 0 Å². The van der Waals surface area contributed by atoms with Gasteiger partial charge in [-0.2, -0.15) is 18.2 Å². The van der Waals surface area contributed by atoms with Gasteiger partial charge < -0.3 is 10.5 Å². The van der Waals surface area contributed by atoms with Crippen LogP contribution in [0.25, 0.3) is 0 Å². The Morgan fingerprint density at radius 3 is 2.33 bits per heavy atom. The zero-order valence-electron chi connectivity index (χ0n) is 10.9. The molecule has 5 nitrogen and oxygen atoms in total. The van der Waals surface area contributed by atoms with Crippen LogP contribution in [-0.4, -0.2) is 15.8 Å². The van der Waals surface area contributed by atoms with Gasteiger partial charge >= 0.3 is 12.2 Å². The van der Waals surface area contributed by atoms with E-state index in [4.69, 9.17) is 15.9 Å². The highest BCUT2D eigenvalue weighted by Crippen LogP contribution is 2.30. The normalized spacial score (nSPS) is 11.2. The summed E-state index contributed by atoms with van der Waals surface area (Å²) in [5.74, 6) is -0.0964. The highest BCUT2D eigenvalue weighted by atomic mass is 19.4. The highest BCUT2D eigenvalue weighted by molar-refractivity contribution is 5.93. The van der Waals surface area contributed by atoms with E-state index in [-0.39, 0.29) is 23.3 Å². The lowest BCUT2D eigenvalue weighted by Gasteiger charge is -2.09. The summed E-state index contributed by atoms with van der Waals surface area (Å²) in [5, 5.41) is 7.31. The number of aromatic nitrogens is 2. The van der Waals surface area contributed by atoms with Crippen LogP contribution in [0.4, 0.5) is 13.2 Å². The first-order valence-corrected chi connectivity index (χ1v) is 5.81. The molecule has 0 spiro atoms. The lowest BCUT2D eigenvalue weighted by molar-refractivity contribution is -0.137. The Balaban J connectivity index is 2.24. The minimum absolute atomic E-state index is 0.0834. The van der Waals surface area contributed by atoms with E-state index in [0.717, 1.165) is 12.1 Å². The summed E-state index contributed by atoms with van der Waals surface area (Å²) in [6.45, 7) is 1.66. The number of nitrogens with two attached hydrogens (primary N) is 1. The first-order chi connectivity index (χ1) is 9.75. The van der Waals surface area contributed by atoms with Crippen molar-refractivity contribution in [2.75, 3.05) is 0 Å². The zero-order chi connectivity index (χ0) is 15.6.